The molecule has 0 saturated heterocycles. The Bertz CT molecular complexity index is 667. The first-order valence-electron chi connectivity index (χ1n) is 9.07. The van der Waals surface area contributed by atoms with Crippen LogP contribution < -0.4 is 14.8 Å². The van der Waals surface area contributed by atoms with Crippen LogP contribution in [0.4, 0.5) is 0 Å². The first kappa shape index (κ1) is 26.8. The number of rotatable bonds is 11. The molecule has 0 aliphatic carbocycles. The summed E-state index contributed by atoms with van der Waals surface area (Å²) in [6, 6.07) is 13.8. The van der Waals surface area contributed by atoms with E-state index in [0.717, 1.165) is 48.1 Å². The third-order valence-electron chi connectivity index (χ3n) is 3.90. The van der Waals surface area contributed by atoms with E-state index in [-0.39, 0.29) is 24.8 Å². The fourth-order valence-corrected chi connectivity index (χ4v) is 2.67. The monoisotopic (exact) mass is 448 g/mol. The highest BCUT2D eigenvalue weighted by Gasteiger charge is 2.07. The predicted octanol–water partition coefficient (Wildman–Crippen LogP) is 5.20. The van der Waals surface area contributed by atoms with E-state index < -0.39 is 0 Å². The Morgan fingerprint density at radius 3 is 2.25 bits per heavy atom. The SMILES string of the molecule is CCOc1cc(CNCCCN(C)C)ccc1OCc1ccc(Cl)cc1.Cl.Cl. The second-order valence-electron chi connectivity index (χ2n) is 6.46. The quantitative estimate of drug-likeness (QED) is 0.478. The number of nitrogens with zero attached hydrogens (tertiary/aromatic N) is 1. The molecular weight excluding hydrogens is 419 g/mol. The number of ether oxygens (including phenoxy) is 2. The van der Waals surface area contributed by atoms with Gasteiger partial charge in [0.1, 0.15) is 6.61 Å². The van der Waals surface area contributed by atoms with Crippen molar-refractivity contribution in [3.05, 3.63) is 58.6 Å². The molecule has 0 amide bonds. The van der Waals surface area contributed by atoms with E-state index in [1.165, 1.54) is 5.56 Å². The highest BCUT2D eigenvalue weighted by molar-refractivity contribution is 6.30. The molecule has 1 N–H and O–H groups in total. The van der Waals surface area contributed by atoms with Gasteiger partial charge in [-0.25, -0.2) is 0 Å². The van der Waals surface area contributed by atoms with Gasteiger partial charge in [-0.2, -0.15) is 0 Å². The van der Waals surface area contributed by atoms with Gasteiger partial charge < -0.3 is 19.7 Å². The van der Waals surface area contributed by atoms with Crippen LogP contribution in [0.5, 0.6) is 11.5 Å². The summed E-state index contributed by atoms with van der Waals surface area (Å²) in [6.45, 7) is 5.99. The zero-order valence-electron chi connectivity index (χ0n) is 16.7. The van der Waals surface area contributed by atoms with Crippen LogP contribution in [0.2, 0.25) is 5.02 Å². The van der Waals surface area contributed by atoms with Gasteiger partial charge in [0, 0.05) is 11.6 Å². The second-order valence-corrected chi connectivity index (χ2v) is 6.90. The largest absolute Gasteiger partial charge is 0.490 e. The lowest BCUT2D eigenvalue weighted by molar-refractivity contribution is 0.269. The minimum absolute atomic E-state index is 0. The lowest BCUT2D eigenvalue weighted by Gasteiger charge is -2.14. The average molecular weight is 450 g/mol. The Balaban J connectivity index is 0.00000364. The fourth-order valence-electron chi connectivity index (χ4n) is 2.54. The van der Waals surface area contributed by atoms with E-state index in [4.69, 9.17) is 21.1 Å². The van der Waals surface area contributed by atoms with Gasteiger partial charge in [0.2, 0.25) is 0 Å². The van der Waals surface area contributed by atoms with Crippen molar-refractivity contribution in [1.29, 1.82) is 0 Å². The molecule has 0 spiro atoms. The van der Waals surface area contributed by atoms with Crippen molar-refractivity contribution in [3.63, 3.8) is 0 Å². The van der Waals surface area contributed by atoms with Gasteiger partial charge in [0.05, 0.1) is 6.61 Å². The zero-order chi connectivity index (χ0) is 18.8. The van der Waals surface area contributed by atoms with Crippen molar-refractivity contribution in [2.45, 2.75) is 26.5 Å². The van der Waals surface area contributed by atoms with Gasteiger partial charge in [-0.05, 0) is 75.9 Å². The molecule has 0 atom stereocenters. The summed E-state index contributed by atoms with van der Waals surface area (Å²) in [5.41, 5.74) is 2.26. The molecule has 158 valence electrons. The molecule has 2 rings (SSSR count). The van der Waals surface area contributed by atoms with Crippen LogP contribution in [0.25, 0.3) is 0 Å². The molecule has 0 radical (unpaired) electrons. The summed E-state index contributed by atoms with van der Waals surface area (Å²) in [5.74, 6) is 1.55. The van der Waals surface area contributed by atoms with E-state index in [2.05, 4.69) is 36.4 Å². The van der Waals surface area contributed by atoms with Crippen LogP contribution in [0.3, 0.4) is 0 Å². The average Bonchev–Trinajstić information content (AvgIpc) is 2.62. The maximum Gasteiger partial charge on any atom is 0.161 e. The lowest BCUT2D eigenvalue weighted by Crippen LogP contribution is -2.21. The van der Waals surface area contributed by atoms with Crippen molar-refractivity contribution in [2.24, 2.45) is 0 Å². The first-order valence-corrected chi connectivity index (χ1v) is 9.44. The molecular formula is C21H31Cl3N2O2. The van der Waals surface area contributed by atoms with Crippen LogP contribution in [-0.2, 0) is 13.2 Å². The van der Waals surface area contributed by atoms with Gasteiger partial charge in [0.15, 0.2) is 11.5 Å². The summed E-state index contributed by atoms with van der Waals surface area (Å²) in [6.07, 6.45) is 1.13. The number of hydrogen-bond donors (Lipinski definition) is 1. The van der Waals surface area contributed by atoms with Crippen molar-refractivity contribution < 1.29 is 9.47 Å². The summed E-state index contributed by atoms with van der Waals surface area (Å²) in [4.78, 5) is 2.20. The van der Waals surface area contributed by atoms with E-state index in [9.17, 15) is 0 Å². The van der Waals surface area contributed by atoms with Gasteiger partial charge >= 0.3 is 0 Å². The molecule has 0 aliphatic rings. The Kier molecular flexibility index (Phi) is 14.2. The Hall–Kier alpha value is -1.17. The van der Waals surface area contributed by atoms with Gasteiger partial charge in [0.25, 0.3) is 0 Å². The van der Waals surface area contributed by atoms with E-state index in [1.54, 1.807) is 0 Å². The molecule has 0 unspecified atom stereocenters. The molecule has 0 aromatic heterocycles. The molecule has 0 heterocycles. The smallest absolute Gasteiger partial charge is 0.161 e. The van der Waals surface area contributed by atoms with Crippen LogP contribution in [-0.4, -0.2) is 38.7 Å². The predicted molar refractivity (Wildman–Crippen MR) is 123 cm³/mol. The normalized spacial score (nSPS) is 10.2. The number of halogens is 3. The van der Waals surface area contributed by atoms with Crippen molar-refractivity contribution in [3.8, 4) is 11.5 Å². The molecule has 0 aliphatic heterocycles. The van der Waals surface area contributed by atoms with Gasteiger partial charge in [-0.15, -0.1) is 24.8 Å². The number of hydrogen-bond acceptors (Lipinski definition) is 4. The van der Waals surface area contributed by atoms with Crippen LogP contribution in [0, 0.1) is 0 Å². The molecule has 2 aromatic carbocycles. The van der Waals surface area contributed by atoms with Crippen molar-refractivity contribution in [2.75, 3.05) is 33.8 Å². The molecule has 0 bridgehead atoms. The Labute approximate surface area is 186 Å². The van der Waals surface area contributed by atoms with E-state index in [0.29, 0.717) is 13.2 Å². The van der Waals surface area contributed by atoms with Gasteiger partial charge in [-0.1, -0.05) is 29.8 Å². The second kappa shape index (κ2) is 14.8. The summed E-state index contributed by atoms with van der Waals surface area (Å²) in [7, 11) is 4.19. The zero-order valence-corrected chi connectivity index (χ0v) is 19.1. The van der Waals surface area contributed by atoms with Gasteiger partial charge in [-0.3, -0.25) is 0 Å². The molecule has 4 nitrogen and oxygen atoms in total. The molecule has 7 heteroatoms. The molecule has 28 heavy (non-hydrogen) atoms. The Morgan fingerprint density at radius 1 is 0.929 bits per heavy atom. The molecule has 0 saturated carbocycles. The van der Waals surface area contributed by atoms with E-state index in [1.807, 2.05) is 37.3 Å². The van der Waals surface area contributed by atoms with E-state index >= 15 is 0 Å². The topological polar surface area (TPSA) is 33.7 Å². The van der Waals surface area contributed by atoms with Crippen LogP contribution in [0.15, 0.2) is 42.5 Å². The third-order valence-corrected chi connectivity index (χ3v) is 4.16. The summed E-state index contributed by atoms with van der Waals surface area (Å²) >= 11 is 5.92. The maximum absolute atomic E-state index is 5.95. The minimum Gasteiger partial charge on any atom is -0.490 e. The molecule has 2 aromatic rings. The maximum atomic E-state index is 5.95. The highest BCUT2D eigenvalue weighted by Crippen LogP contribution is 2.29. The van der Waals surface area contributed by atoms with Crippen LogP contribution >= 0.6 is 36.4 Å². The minimum atomic E-state index is 0. The standard InChI is InChI=1S/C21H29ClN2O2.2ClH/c1-4-25-21-14-18(15-23-12-5-13-24(2)3)8-11-20(21)26-16-17-6-9-19(22)10-7-17;;/h6-11,14,23H,4-5,12-13,15-16H2,1-3H3;2*1H. The fraction of sp³-hybridized carbons (Fsp3) is 0.429. The summed E-state index contributed by atoms with van der Waals surface area (Å²) < 4.78 is 11.7. The van der Waals surface area contributed by atoms with Crippen molar-refractivity contribution in [1.82, 2.24) is 10.2 Å². The number of nitrogens with one attached hydrogen (secondary N) is 1. The lowest BCUT2D eigenvalue weighted by atomic mass is 10.2. The third kappa shape index (κ3) is 9.85. The molecule has 0 fully saturated rings. The Morgan fingerprint density at radius 2 is 1.61 bits per heavy atom. The number of benzene rings is 2. The van der Waals surface area contributed by atoms with Crippen molar-refractivity contribution >= 4 is 36.4 Å². The van der Waals surface area contributed by atoms with Crippen LogP contribution in [0.1, 0.15) is 24.5 Å². The summed E-state index contributed by atoms with van der Waals surface area (Å²) in [5, 5.41) is 4.20. The highest BCUT2D eigenvalue weighted by atomic mass is 35.5. The first-order chi connectivity index (χ1) is 12.6.